The third kappa shape index (κ3) is 3.29. The topological polar surface area (TPSA) is 35.5 Å². The van der Waals surface area contributed by atoms with E-state index in [-0.39, 0.29) is 12.2 Å². The van der Waals surface area contributed by atoms with E-state index in [1.165, 1.54) is 0 Å². The lowest BCUT2D eigenvalue weighted by molar-refractivity contribution is -0.151. The third-order valence-electron chi connectivity index (χ3n) is 3.57. The van der Waals surface area contributed by atoms with Gasteiger partial charge in [-0.05, 0) is 17.7 Å². The van der Waals surface area contributed by atoms with E-state index in [0.717, 1.165) is 5.56 Å². The van der Waals surface area contributed by atoms with Crippen molar-refractivity contribution in [3.8, 4) is 0 Å². The number of ketones is 1. The molecule has 5 heteroatoms. The summed E-state index contributed by atoms with van der Waals surface area (Å²) in [6.45, 7) is 1.10. The molecule has 0 radical (unpaired) electrons. The molecule has 0 amide bonds. The van der Waals surface area contributed by atoms with Crippen LogP contribution in [-0.4, -0.2) is 31.7 Å². The molecule has 3 nitrogen and oxygen atoms in total. The van der Waals surface area contributed by atoms with Gasteiger partial charge in [0.05, 0.1) is 0 Å². The Hall–Kier alpha value is -0.610. The van der Waals surface area contributed by atoms with Gasteiger partial charge in [-0.2, -0.15) is 0 Å². The Bertz CT molecular complexity index is 468. The van der Waals surface area contributed by atoms with Gasteiger partial charge in [-0.1, -0.05) is 29.3 Å². The zero-order valence-corrected chi connectivity index (χ0v) is 12.3. The molecule has 1 aliphatic rings. The van der Waals surface area contributed by atoms with Crippen molar-refractivity contribution in [2.24, 2.45) is 0 Å². The van der Waals surface area contributed by atoms with Crippen molar-refractivity contribution in [3.63, 3.8) is 0 Å². The molecule has 1 saturated heterocycles. The molecule has 0 unspecified atom stereocenters. The molecule has 0 aliphatic carbocycles. The van der Waals surface area contributed by atoms with Crippen molar-refractivity contribution < 1.29 is 14.3 Å². The highest BCUT2D eigenvalue weighted by Crippen LogP contribution is 2.29. The fourth-order valence-electron chi connectivity index (χ4n) is 2.30. The summed E-state index contributed by atoms with van der Waals surface area (Å²) >= 11 is 11.9. The Morgan fingerprint density at radius 3 is 2.63 bits per heavy atom. The number of carbonyl (C=O) groups is 1. The van der Waals surface area contributed by atoms with Crippen LogP contribution in [0.25, 0.3) is 0 Å². The minimum atomic E-state index is -0.735. The van der Waals surface area contributed by atoms with Crippen LogP contribution in [-0.2, 0) is 20.7 Å². The number of methoxy groups -OCH3 is 1. The van der Waals surface area contributed by atoms with Crippen molar-refractivity contribution in [1.29, 1.82) is 0 Å². The van der Waals surface area contributed by atoms with E-state index >= 15 is 0 Å². The SMILES string of the molecule is COC1(C(=O)Cc2ccc(Cl)cc2Cl)CCOCC1. The average Bonchev–Trinajstić information content (AvgIpc) is 2.42. The molecule has 1 fully saturated rings. The lowest BCUT2D eigenvalue weighted by atomic mass is 9.86. The highest BCUT2D eigenvalue weighted by molar-refractivity contribution is 6.35. The second kappa shape index (κ2) is 6.23. The number of hydrogen-bond donors (Lipinski definition) is 0. The van der Waals surface area contributed by atoms with Gasteiger partial charge in [0.2, 0.25) is 0 Å². The number of hydrogen-bond acceptors (Lipinski definition) is 3. The minimum Gasteiger partial charge on any atom is -0.381 e. The first-order valence-corrected chi connectivity index (χ1v) is 6.93. The van der Waals surface area contributed by atoms with Gasteiger partial charge in [0.15, 0.2) is 5.78 Å². The molecule has 0 saturated carbocycles. The highest BCUT2D eigenvalue weighted by Gasteiger charge is 2.39. The lowest BCUT2D eigenvalue weighted by Gasteiger charge is -2.34. The van der Waals surface area contributed by atoms with E-state index in [2.05, 4.69) is 0 Å². The fraction of sp³-hybridized carbons (Fsp3) is 0.500. The second-order valence-electron chi connectivity index (χ2n) is 4.65. The largest absolute Gasteiger partial charge is 0.381 e. The van der Waals surface area contributed by atoms with Gasteiger partial charge in [0, 0.05) is 49.6 Å². The van der Waals surface area contributed by atoms with Crippen molar-refractivity contribution in [2.75, 3.05) is 20.3 Å². The van der Waals surface area contributed by atoms with Crippen LogP contribution in [0.2, 0.25) is 10.0 Å². The molecule has 1 heterocycles. The highest BCUT2D eigenvalue weighted by atomic mass is 35.5. The number of benzene rings is 1. The molecule has 1 aromatic carbocycles. The van der Waals surface area contributed by atoms with Crippen molar-refractivity contribution >= 4 is 29.0 Å². The Morgan fingerprint density at radius 1 is 1.37 bits per heavy atom. The average molecular weight is 303 g/mol. The number of halogens is 2. The molecule has 0 bridgehead atoms. The second-order valence-corrected chi connectivity index (χ2v) is 5.49. The summed E-state index contributed by atoms with van der Waals surface area (Å²) in [6.07, 6.45) is 1.44. The Labute approximate surface area is 122 Å². The molecule has 19 heavy (non-hydrogen) atoms. The lowest BCUT2D eigenvalue weighted by Crippen LogP contribution is -2.46. The molecular weight excluding hydrogens is 287 g/mol. The number of Topliss-reactive ketones (excluding diaryl/α,β-unsaturated/α-hetero) is 1. The summed E-state index contributed by atoms with van der Waals surface area (Å²) in [5, 5.41) is 1.08. The monoisotopic (exact) mass is 302 g/mol. The summed E-state index contributed by atoms with van der Waals surface area (Å²) in [5.41, 5.74) is 0.0419. The number of carbonyl (C=O) groups excluding carboxylic acids is 1. The molecule has 2 rings (SSSR count). The molecule has 104 valence electrons. The van der Waals surface area contributed by atoms with Crippen molar-refractivity contribution in [2.45, 2.75) is 24.9 Å². The maximum Gasteiger partial charge on any atom is 0.169 e. The van der Waals surface area contributed by atoms with Gasteiger partial charge in [-0.3, -0.25) is 4.79 Å². The van der Waals surface area contributed by atoms with Crippen LogP contribution >= 0.6 is 23.2 Å². The molecular formula is C14H16Cl2O3. The van der Waals surface area contributed by atoms with E-state index in [9.17, 15) is 4.79 Å². The fourth-order valence-corrected chi connectivity index (χ4v) is 2.77. The van der Waals surface area contributed by atoms with Crippen LogP contribution < -0.4 is 0 Å². The number of ether oxygens (including phenoxy) is 2. The first-order valence-electron chi connectivity index (χ1n) is 6.17. The van der Waals surface area contributed by atoms with Gasteiger partial charge < -0.3 is 9.47 Å². The van der Waals surface area contributed by atoms with Gasteiger partial charge in [-0.25, -0.2) is 0 Å². The summed E-state index contributed by atoms with van der Waals surface area (Å²) in [7, 11) is 1.58. The van der Waals surface area contributed by atoms with Crippen LogP contribution in [0.3, 0.4) is 0 Å². The maximum absolute atomic E-state index is 12.5. The van der Waals surface area contributed by atoms with E-state index in [1.54, 1.807) is 25.3 Å². The van der Waals surface area contributed by atoms with E-state index in [1.807, 2.05) is 0 Å². The standard InChI is InChI=1S/C14H16Cl2O3/c1-18-14(4-6-19-7-5-14)13(17)8-10-2-3-11(15)9-12(10)16/h2-3,9H,4-8H2,1H3. The molecule has 0 aromatic heterocycles. The predicted octanol–water partition coefficient (Wildman–Crippen LogP) is 3.30. The van der Waals surface area contributed by atoms with E-state index < -0.39 is 5.60 Å². The summed E-state index contributed by atoms with van der Waals surface area (Å²) in [6, 6.07) is 5.17. The van der Waals surface area contributed by atoms with E-state index in [4.69, 9.17) is 32.7 Å². The van der Waals surface area contributed by atoms with Gasteiger partial charge in [-0.15, -0.1) is 0 Å². The molecule has 0 spiro atoms. The van der Waals surface area contributed by atoms with Gasteiger partial charge in [0.1, 0.15) is 5.60 Å². The maximum atomic E-state index is 12.5. The summed E-state index contributed by atoms with van der Waals surface area (Å²) in [5.74, 6) is 0.0440. The smallest absolute Gasteiger partial charge is 0.169 e. The van der Waals surface area contributed by atoms with Gasteiger partial charge >= 0.3 is 0 Å². The third-order valence-corrected chi connectivity index (χ3v) is 4.15. The Balaban J connectivity index is 2.15. The number of rotatable bonds is 4. The molecule has 1 aliphatic heterocycles. The molecule has 0 N–H and O–H groups in total. The molecule has 0 atom stereocenters. The van der Waals surface area contributed by atoms with Crippen molar-refractivity contribution in [1.82, 2.24) is 0 Å². The van der Waals surface area contributed by atoms with Gasteiger partial charge in [0.25, 0.3) is 0 Å². The van der Waals surface area contributed by atoms with E-state index in [0.29, 0.717) is 36.1 Å². The summed E-state index contributed by atoms with van der Waals surface area (Å²) in [4.78, 5) is 12.5. The quantitative estimate of drug-likeness (QED) is 0.856. The predicted molar refractivity (Wildman–Crippen MR) is 75.0 cm³/mol. The van der Waals surface area contributed by atoms with Crippen LogP contribution in [0.4, 0.5) is 0 Å². The summed E-state index contributed by atoms with van der Waals surface area (Å²) < 4.78 is 10.8. The Morgan fingerprint density at radius 2 is 2.05 bits per heavy atom. The Kier molecular flexibility index (Phi) is 4.85. The van der Waals surface area contributed by atoms with Crippen LogP contribution in [0, 0.1) is 0 Å². The van der Waals surface area contributed by atoms with Crippen LogP contribution in [0.5, 0.6) is 0 Å². The first kappa shape index (κ1) is 14.8. The van der Waals surface area contributed by atoms with Crippen molar-refractivity contribution in [3.05, 3.63) is 33.8 Å². The van der Waals surface area contributed by atoms with Crippen LogP contribution in [0.1, 0.15) is 18.4 Å². The first-order chi connectivity index (χ1) is 9.07. The minimum absolute atomic E-state index is 0.0440. The normalized spacial score (nSPS) is 18.3. The zero-order chi connectivity index (χ0) is 13.9. The molecule has 1 aromatic rings. The van der Waals surface area contributed by atoms with Crippen LogP contribution in [0.15, 0.2) is 18.2 Å². The zero-order valence-electron chi connectivity index (χ0n) is 10.7.